The fourth-order valence-corrected chi connectivity index (χ4v) is 4.37. The molecule has 4 heterocycles. The second kappa shape index (κ2) is 10.00. The Balaban J connectivity index is 0.000000868. The van der Waals surface area contributed by atoms with Crippen molar-refractivity contribution >= 4 is 30.1 Å². The van der Waals surface area contributed by atoms with Gasteiger partial charge in [0, 0.05) is 24.5 Å². The highest BCUT2D eigenvalue weighted by Crippen LogP contribution is 2.29. The Morgan fingerprint density at radius 1 is 1.32 bits per heavy atom. The number of nitrogens with zero attached hydrogens (tertiary/aromatic N) is 5. The van der Waals surface area contributed by atoms with Gasteiger partial charge in [0.25, 0.3) is 18.3 Å². The number of carbonyl (C=O) groups excluding carboxylic acids is 2. The van der Waals surface area contributed by atoms with Crippen molar-refractivity contribution in [2.24, 2.45) is 0 Å². The molecule has 12 heteroatoms. The van der Waals surface area contributed by atoms with Crippen LogP contribution in [0.3, 0.4) is 0 Å². The number of aryl methyl sites for hydroxylation is 1. The van der Waals surface area contributed by atoms with E-state index in [9.17, 15) is 9.59 Å². The van der Waals surface area contributed by atoms with Crippen LogP contribution in [0.2, 0.25) is 0 Å². The zero-order valence-corrected chi connectivity index (χ0v) is 18.9. The van der Waals surface area contributed by atoms with Gasteiger partial charge in [-0.25, -0.2) is 14.8 Å². The van der Waals surface area contributed by atoms with Crippen molar-refractivity contribution in [3.8, 4) is 5.88 Å². The molecular weight excluding hydrogens is 444 g/mol. The van der Waals surface area contributed by atoms with Crippen molar-refractivity contribution in [2.45, 2.75) is 38.3 Å². The smallest absolute Gasteiger partial charge is 0.415 e. The summed E-state index contributed by atoms with van der Waals surface area (Å²) < 4.78 is 10.8. The maximum atomic E-state index is 12.4. The summed E-state index contributed by atoms with van der Waals surface area (Å²) in [5.74, 6) is 0.496. The van der Waals surface area contributed by atoms with E-state index in [-0.39, 0.29) is 36.8 Å². The van der Waals surface area contributed by atoms with Crippen LogP contribution in [0.4, 0.5) is 16.4 Å². The van der Waals surface area contributed by atoms with E-state index in [1.165, 1.54) is 22.2 Å². The van der Waals surface area contributed by atoms with Crippen molar-refractivity contribution in [2.75, 3.05) is 37.0 Å². The number of nitrogens with one attached hydrogen (secondary N) is 1. The molecule has 2 aromatic heterocycles. The van der Waals surface area contributed by atoms with Crippen LogP contribution >= 0.6 is 0 Å². The molecule has 2 atom stereocenters. The lowest BCUT2D eigenvalue weighted by Gasteiger charge is -2.25. The topological polar surface area (TPSA) is 147 Å². The monoisotopic (exact) mass is 470 g/mol. The van der Waals surface area contributed by atoms with Crippen LogP contribution in [0.15, 0.2) is 18.5 Å². The summed E-state index contributed by atoms with van der Waals surface area (Å²) in [5.41, 5.74) is 3.85. The summed E-state index contributed by atoms with van der Waals surface area (Å²) in [6.45, 7) is 2.93. The number of carbonyl (C=O) groups is 3. The third-order valence-electron chi connectivity index (χ3n) is 6.17. The van der Waals surface area contributed by atoms with E-state index in [2.05, 4.69) is 45.2 Å². The molecule has 2 aliphatic heterocycles. The Morgan fingerprint density at radius 3 is 2.88 bits per heavy atom. The summed E-state index contributed by atoms with van der Waals surface area (Å²) in [6, 6.07) is 2.54. The Morgan fingerprint density at radius 2 is 2.12 bits per heavy atom. The van der Waals surface area contributed by atoms with Crippen molar-refractivity contribution in [1.29, 1.82) is 0 Å². The zero-order valence-electron chi connectivity index (χ0n) is 18.9. The third kappa shape index (κ3) is 4.91. The van der Waals surface area contributed by atoms with Gasteiger partial charge in [0.15, 0.2) is 18.2 Å². The second-order valence-corrected chi connectivity index (χ2v) is 8.31. The molecule has 180 valence electrons. The Kier molecular flexibility index (Phi) is 6.87. The van der Waals surface area contributed by atoms with Crippen LogP contribution in [0.5, 0.6) is 5.88 Å². The summed E-state index contributed by atoms with van der Waals surface area (Å²) in [6.07, 6.45) is 5.39. The molecule has 2 amide bonds. The number of aromatic nitrogens is 3. The number of rotatable bonds is 5. The molecule has 0 saturated carbocycles. The fraction of sp³-hybridized carbons (Fsp3) is 0.455. The van der Waals surface area contributed by atoms with Gasteiger partial charge < -0.3 is 24.8 Å². The molecule has 1 fully saturated rings. The van der Waals surface area contributed by atoms with Crippen molar-refractivity contribution in [3.05, 3.63) is 35.3 Å². The largest absolute Gasteiger partial charge is 0.483 e. The summed E-state index contributed by atoms with van der Waals surface area (Å²) >= 11 is 0. The molecule has 0 radical (unpaired) electrons. The standard InChI is InChI=1S/C21H24N6O4.CH2O2/c1-12-16-8-14(7-13(16)3-5-22-12)26(2)6-4-15-10-27(21(29)31-15)17-9-23-20-19(24-17)25-18(28)11-30-20;2-1-3/h3,5,9,14-15H,4,6-8,10-11H2,1-2H3,(H,24,25,28);1H,(H,2,3). The number of cyclic esters (lactones) is 1. The first-order valence-electron chi connectivity index (χ1n) is 10.9. The van der Waals surface area contributed by atoms with Crippen LogP contribution in [-0.4, -0.2) is 82.3 Å². The number of anilines is 2. The molecule has 1 aliphatic carbocycles. The first-order valence-corrected chi connectivity index (χ1v) is 10.9. The predicted molar refractivity (Wildman–Crippen MR) is 120 cm³/mol. The van der Waals surface area contributed by atoms with E-state index in [1.807, 2.05) is 6.20 Å². The van der Waals surface area contributed by atoms with Gasteiger partial charge in [-0.05, 0) is 50.4 Å². The molecule has 5 rings (SSSR count). The van der Waals surface area contributed by atoms with Crippen molar-refractivity contribution in [3.63, 3.8) is 0 Å². The number of likely N-dealkylation sites (N-methyl/N-ethyl adjacent to an activating group) is 1. The van der Waals surface area contributed by atoms with Gasteiger partial charge >= 0.3 is 6.09 Å². The lowest BCUT2D eigenvalue weighted by atomic mass is 10.1. The van der Waals surface area contributed by atoms with E-state index < -0.39 is 6.09 Å². The molecule has 0 bridgehead atoms. The molecule has 34 heavy (non-hydrogen) atoms. The molecule has 1 saturated heterocycles. The fourth-order valence-electron chi connectivity index (χ4n) is 4.37. The summed E-state index contributed by atoms with van der Waals surface area (Å²) in [7, 11) is 2.12. The Hall–Kier alpha value is -3.80. The average Bonchev–Trinajstić information content (AvgIpc) is 3.42. The third-order valence-corrected chi connectivity index (χ3v) is 6.17. The molecule has 2 N–H and O–H groups in total. The summed E-state index contributed by atoms with van der Waals surface area (Å²) in [4.78, 5) is 48.9. The first kappa shape index (κ1) is 23.4. The molecule has 12 nitrogen and oxygen atoms in total. The van der Waals surface area contributed by atoms with Gasteiger partial charge in [-0.2, -0.15) is 0 Å². The molecule has 0 aromatic carbocycles. The van der Waals surface area contributed by atoms with Crippen molar-refractivity contribution < 1.29 is 29.0 Å². The van der Waals surface area contributed by atoms with Gasteiger partial charge in [0.2, 0.25) is 0 Å². The van der Waals surface area contributed by atoms with Crippen LogP contribution in [0, 0.1) is 6.92 Å². The van der Waals surface area contributed by atoms with Gasteiger partial charge in [-0.3, -0.25) is 19.5 Å². The molecule has 3 aliphatic rings. The Bertz CT molecular complexity index is 1100. The number of amides is 2. The van der Waals surface area contributed by atoms with Crippen LogP contribution < -0.4 is 15.0 Å². The van der Waals surface area contributed by atoms with E-state index in [0.717, 1.165) is 31.5 Å². The SMILES string of the molecule is Cc1nccc2c1CC(N(C)CCC1CN(c3cnc4c(n3)NC(=O)CO4)C(=O)O1)C2.O=CO. The summed E-state index contributed by atoms with van der Waals surface area (Å²) in [5, 5.41) is 9.49. The number of carboxylic acid groups (broad SMARTS) is 1. The highest BCUT2D eigenvalue weighted by molar-refractivity contribution is 5.94. The van der Waals surface area contributed by atoms with Crippen LogP contribution in [-0.2, 0) is 27.2 Å². The quantitative estimate of drug-likeness (QED) is 0.607. The van der Waals surface area contributed by atoms with E-state index in [0.29, 0.717) is 18.4 Å². The number of hydrogen-bond acceptors (Lipinski definition) is 9. The number of hydrogen-bond donors (Lipinski definition) is 2. The molecule has 2 unspecified atom stereocenters. The molecule has 0 spiro atoms. The number of ether oxygens (including phenoxy) is 2. The van der Waals surface area contributed by atoms with E-state index in [4.69, 9.17) is 19.4 Å². The predicted octanol–water partition coefficient (Wildman–Crippen LogP) is 1.03. The van der Waals surface area contributed by atoms with E-state index >= 15 is 0 Å². The second-order valence-electron chi connectivity index (χ2n) is 8.31. The molecular formula is C22H26N6O6. The normalized spacial score (nSPS) is 20.5. The average molecular weight is 470 g/mol. The maximum absolute atomic E-state index is 12.4. The lowest BCUT2D eigenvalue weighted by molar-refractivity contribution is -0.123. The minimum atomic E-state index is -0.458. The van der Waals surface area contributed by atoms with Gasteiger partial charge in [0.1, 0.15) is 6.10 Å². The highest BCUT2D eigenvalue weighted by atomic mass is 16.6. The maximum Gasteiger partial charge on any atom is 0.415 e. The van der Waals surface area contributed by atoms with Crippen LogP contribution in [0.25, 0.3) is 0 Å². The minimum Gasteiger partial charge on any atom is -0.483 e. The first-order chi connectivity index (χ1) is 16.4. The van der Waals surface area contributed by atoms with Gasteiger partial charge in [-0.1, -0.05) is 0 Å². The van der Waals surface area contributed by atoms with Crippen molar-refractivity contribution in [1.82, 2.24) is 19.9 Å². The lowest BCUT2D eigenvalue weighted by Crippen LogP contribution is -2.35. The van der Waals surface area contributed by atoms with E-state index in [1.54, 1.807) is 0 Å². The van der Waals surface area contributed by atoms with Gasteiger partial charge in [-0.15, -0.1) is 0 Å². The highest BCUT2D eigenvalue weighted by Gasteiger charge is 2.35. The Labute approximate surface area is 195 Å². The minimum absolute atomic E-state index is 0.0927. The zero-order chi connectivity index (χ0) is 24.2. The molecule has 2 aromatic rings. The van der Waals surface area contributed by atoms with Crippen LogP contribution in [0.1, 0.15) is 23.2 Å². The van der Waals surface area contributed by atoms with Gasteiger partial charge in [0.05, 0.1) is 12.7 Å². The number of pyridine rings is 1. The number of fused-ring (bicyclic) bond motifs is 2.